The number of hydrogen-bond acceptors (Lipinski definition) is 6. The molecule has 0 spiro atoms. The van der Waals surface area contributed by atoms with Gasteiger partial charge in [-0.2, -0.15) is 31.4 Å². The van der Waals surface area contributed by atoms with E-state index in [-0.39, 0.29) is 6.10 Å². The molecule has 0 bridgehead atoms. The van der Waals surface area contributed by atoms with Crippen LogP contribution in [0.5, 0.6) is 5.75 Å². The van der Waals surface area contributed by atoms with Crippen molar-refractivity contribution in [3.63, 3.8) is 0 Å². The van der Waals surface area contributed by atoms with Crippen LogP contribution >= 0.6 is 0 Å². The first-order valence-corrected chi connectivity index (χ1v) is 11.6. The smallest absolute Gasteiger partial charge is 0.486 e. The van der Waals surface area contributed by atoms with Crippen molar-refractivity contribution in [3.05, 3.63) is 66.5 Å². The molecule has 4 rings (SSSR count). The van der Waals surface area contributed by atoms with E-state index in [1.807, 2.05) is 23.0 Å². The van der Waals surface area contributed by atoms with Crippen molar-refractivity contribution in [3.8, 4) is 5.75 Å². The number of pyridine rings is 1. The van der Waals surface area contributed by atoms with E-state index in [4.69, 9.17) is 24.5 Å². The van der Waals surface area contributed by atoms with E-state index in [1.54, 1.807) is 12.4 Å². The molecule has 0 saturated heterocycles. The summed E-state index contributed by atoms with van der Waals surface area (Å²) in [5.41, 5.74) is 2.55. The third-order valence-electron chi connectivity index (χ3n) is 5.18. The van der Waals surface area contributed by atoms with Crippen LogP contribution in [0.15, 0.2) is 55.2 Å². The number of rotatable bonds is 5. The Hall–Kier alpha value is -4.08. The molecule has 1 atom stereocenters. The average Bonchev–Trinajstić information content (AvgIpc) is 3.46. The van der Waals surface area contributed by atoms with Crippen LogP contribution in [0.3, 0.4) is 0 Å². The normalized spacial score (nSPS) is 15.6. The van der Waals surface area contributed by atoms with Gasteiger partial charge >= 0.3 is 24.3 Å². The van der Waals surface area contributed by atoms with Crippen LogP contribution in [0.2, 0.25) is 0 Å². The molecule has 1 aliphatic heterocycles. The molecule has 4 heterocycles. The van der Waals surface area contributed by atoms with Crippen LogP contribution in [0.25, 0.3) is 0 Å². The Morgan fingerprint density at radius 3 is 2.15 bits per heavy atom. The van der Waals surface area contributed by atoms with Crippen LogP contribution in [0.1, 0.15) is 31.1 Å². The Kier molecular flexibility index (Phi) is 11.1. The molecule has 0 amide bonds. The van der Waals surface area contributed by atoms with Gasteiger partial charge in [-0.15, -0.1) is 0 Å². The minimum absolute atomic E-state index is 0.0768. The van der Waals surface area contributed by atoms with Crippen molar-refractivity contribution in [2.75, 3.05) is 6.54 Å². The summed E-state index contributed by atoms with van der Waals surface area (Å²) in [6.45, 7) is 7.78. The molecular formula is C24H27F6N5O5. The zero-order valence-electron chi connectivity index (χ0n) is 21.3. The standard InChI is InChI=1S/C20H25N5O.2C2HF3O2/c1-16(2)25-12-17(9-22-25)11-23-13-18-5-4-8-24(18)15-20(14-23)26-19-6-3-7-21-10-19;2*3-2(4,5)1(6)7/h3-10,12,16,20H,11,13-15H2,1-2H3;2*(H,6,7). The fourth-order valence-corrected chi connectivity index (χ4v) is 3.43. The predicted molar refractivity (Wildman–Crippen MR) is 127 cm³/mol. The maximum atomic E-state index is 10.6. The van der Waals surface area contributed by atoms with Crippen LogP contribution in [-0.4, -0.2) is 71.4 Å². The van der Waals surface area contributed by atoms with E-state index in [0.717, 1.165) is 31.9 Å². The molecule has 0 aromatic carbocycles. The van der Waals surface area contributed by atoms with E-state index in [0.29, 0.717) is 6.04 Å². The summed E-state index contributed by atoms with van der Waals surface area (Å²) in [7, 11) is 0. The Balaban J connectivity index is 0.000000333. The second-order valence-corrected chi connectivity index (χ2v) is 8.78. The molecule has 3 aromatic rings. The van der Waals surface area contributed by atoms with Gasteiger partial charge in [-0.3, -0.25) is 14.6 Å². The first-order valence-electron chi connectivity index (χ1n) is 11.6. The Labute approximate surface area is 224 Å². The van der Waals surface area contributed by atoms with Gasteiger partial charge in [0.05, 0.1) is 18.9 Å². The van der Waals surface area contributed by atoms with E-state index < -0.39 is 24.3 Å². The Morgan fingerprint density at radius 1 is 1.02 bits per heavy atom. The Morgan fingerprint density at radius 2 is 1.65 bits per heavy atom. The van der Waals surface area contributed by atoms with Crippen molar-refractivity contribution in [2.45, 2.75) is 58.0 Å². The maximum absolute atomic E-state index is 10.6. The third kappa shape index (κ3) is 10.6. The number of carboxylic acids is 2. The van der Waals surface area contributed by atoms with E-state index in [1.165, 1.54) is 11.3 Å². The summed E-state index contributed by atoms with van der Waals surface area (Å²) in [5.74, 6) is -4.69. The van der Waals surface area contributed by atoms with Crippen molar-refractivity contribution >= 4 is 11.9 Å². The van der Waals surface area contributed by atoms with Gasteiger partial charge in [-0.05, 0) is 38.1 Å². The van der Waals surface area contributed by atoms with Gasteiger partial charge in [0.25, 0.3) is 0 Å². The lowest BCUT2D eigenvalue weighted by Gasteiger charge is -2.24. The minimum atomic E-state index is -5.08. The first-order chi connectivity index (χ1) is 18.6. The molecule has 10 nitrogen and oxygen atoms in total. The van der Waals surface area contributed by atoms with Gasteiger partial charge in [0.2, 0.25) is 0 Å². The highest BCUT2D eigenvalue weighted by Gasteiger charge is 2.38. The number of carbonyl (C=O) groups is 2. The molecule has 0 saturated carbocycles. The predicted octanol–water partition coefficient (Wildman–Crippen LogP) is 4.39. The summed E-state index contributed by atoms with van der Waals surface area (Å²) in [6, 6.07) is 8.55. The lowest BCUT2D eigenvalue weighted by molar-refractivity contribution is -0.193. The number of carboxylic acid groups (broad SMARTS) is 2. The Bertz CT molecular complexity index is 1200. The maximum Gasteiger partial charge on any atom is 0.490 e. The molecule has 16 heteroatoms. The van der Waals surface area contributed by atoms with E-state index in [2.05, 4.69) is 57.9 Å². The van der Waals surface area contributed by atoms with Crippen molar-refractivity contribution in [1.29, 1.82) is 0 Å². The number of alkyl halides is 6. The summed E-state index contributed by atoms with van der Waals surface area (Å²) in [4.78, 5) is 24.4. The van der Waals surface area contributed by atoms with Crippen LogP contribution in [0.4, 0.5) is 26.3 Å². The second-order valence-electron chi connectivity index (χ2n) is 8.78. The summed E-state index contributed by atoms with van der Waals surface area (Å²) in [6.07, 6.45) is -0.295. The highest BCUT2D eigenvalue weighted by atomic mass is 19.4. The highest BCUT2D eigenvalue weighted by molar-refractivity contribution is 5.73. The largest absolute Gasteiger partial charge is 0.490 e. The molecule has 0 fully saturated rings. The lowest BCUT2D eigenvalue weighted by Crippen LogP contribution is -2.34. The second kappa shape index (κ2) is 13.8. The summed E-state index contributed by atoms with van der Waals surface area (Å²) < 4.78 is 74.0. The van der Waals surface area contributed by atoms with Crippen molar-refractivity contribution < 1.29 is 50.9 Å². The van der Waals surface area contributed by atoms with Gasteiger partial charge in [0.1, 0.15) is 11.9 Å². The highest BCUT2D eigenvalue weighted by Crippen LogP contribution is 2.20. The quantitative estimate of drug-likeness (QED) is 0.427. The molecule has 0 radical (unpaired) electrons. The molecule has 220 valence electrons. The van der Waals surface area contributed by atoms with E-state index in [9.17, 15) is 26.3 Å². The number of ether oxygens (including phenoxy) is 1. The zero-order valence-corrected chi connectivity index (χ0v) is 21.3. The van der Waals surface area contributed by atoms with E-state index >= 15 is 0 Å². The first kappa shape index (κ1) is 32.1. The van der Waals surface area contributed by atoms with Gasteiger partial charge in [-0.25, -0.2) is 9.59 Å². The van der Waals surface area contributed by atoms with Crippen LogP contribution < -0.4 is 4.74 Å². The minimum Gasteiger partial charge on any atom is -0.486 e. The number of halogens is 6. The lowest BCUT2D eigenvalue weighted by atomic mass is 10.2. The van der Waals surface area contributed by atoms with Crippen molar-refractivity contribution in [1.82, 2.24) is 24.2 Å². The fraction of sp³-hybridized carbons (Fsp3) is 0.417. The summed E-state index contributed by atoms with van der Waals surface area (Å²) in [5, 5.41) is 18.7. The molecule has 0 aliphatic carbocycles. The third-order valence-corrected chi connectivity index (χ3v) is 5.18. The molecule has 1 aliphatic rings. The summed E-state index contributed by atoms with van der Waals surface area (Å²) >= 11 is 0. The van der Waals surface area contributed by atoms with Gasteiger partial charge in [0.15, 0.2) is 0 Å². The SMILES string of the molecule is CC(C)n1cc(CN2Cc3cccn3CC(Oc3cccnc3)C2)cn1.O=C(O)C(F)(F)F.O=C(O)C(F)(F)F. The van der Waals surface area contributed by atoms with Gasteiger partial charge < -0.3 is 19.5 Å². The number of aromatic nitrogens is 4. The molecule has 40 heavy (non-hydrogen) atoms. The number of hydrogen-bond donors (Lipinski definition) is 2. The van der Waals surface area contributed by atoms with Crippen LogP contribution in [-0.2, 0) is 29.2 Å². The number of aliphatic carboxylic acids is 2. The molecular weight excluding hydrogens is 552 g/mol. The zero-order chi connectivity index (χ0) is 30.1. The molecule has 2 N–H and O–H groups in total. The topological polar surface area (TPSA) is 123 Å². The average molecular weight is 579 g/mol. The van der Waals surface area contributed by atoms with Crippen LogP contribution in [0, 0.1) is 0 Å². The van der Waals surface area contributed by atoms with Crippen molar-refractivity contribution in [2.24, 2.45) is 0 Å². The van der Waals surface area contributed by atoms with Gasteiger partial charge in [0, 0.05) is 55.5 Å². The molecule has 3 aromatic heterocycles. The molecule has 1 unspecified atom stereocenters. The van der Waals surface area contributed by atoms with Gasteiger partial charge in [-0.1, -0.05) is 0 Å². The monoisotopic (exact) mass is 579 g/mol. The number of fused-ring (bicyclic) bond motifs is 1. The fourth-order valence-electron chi connectivity index (χ4n) is 3.43. The number of nitrogens with zero attached hydrogens (tertiary/aromatic N) is 5.